The van der Waals surface area contributed by atoms with Crippen molar-refractivity contribution in [3.05, 3.63) is 35.4 Å². The first-order chi connectivity index (χ1) is 13.1. The number of aliphatic hydroxyl groups excluding tert-OH is 1. The van der Waals surface area contributed by atoms with Crippen molar-refractivity contribution in [2.45, 2.75) is 44.9 Å². The highest BCUT2D eigenvalue weighted by atomic mass is 16.3. The van der Waals surface area contributed by atoms with Crippen LogP contribution in [0.25, 0.3) is 0 Å². The predicted octanol–water partition coefficient (Wildman–Crippen LogP) is 2.02. The zero-order chi connectivity index (χ0) is 18.9. The van der Waals surface area contributed by atoms with Gasteiger partial charge in [-0.2, -0.15) is 0 Å². The fourth-order valence-corrected chi connectivity index (χ4v) is 5.35. The predicted molar refractivity (Wildman–Crippen MR) is 103 cm³/mol. The van der Waals surface area contributed by atoms with E-state index < -0.39 is 0 Å². The SMILES string of the molecule is O=C1CC[C@@]2(CCCN(C(=O)CC3Cc4ccccc4C3)C2)CN1CCO. The standard InChI is InChI=1S/C22H30N2O3/c25-11-10-24-16-22(8-6-20(24)26)7-3-9-23(15-22)21(27)14-17-12-18-4-1-2-5-19(18)13-17/h1-2,4-5,17,25H,3,6-16H2/t22-/m1/s1. The Morgan fingerprint density at radius 2 is 1.89 bits per heavy atom. The summed E-state index contributed by atoms with van der Waals surface area (Å²) in [7, 11) is 0. The second-order valence-electron chi connectivity index (χ2n) is 8.70. The number of amides is 2. The van der Waals surface area contributed by atoms with Crippen LogP contribution in [0.1, 0.15) is 43.2 Å². The minimum Gasteiger partial charge on any atom is -0.395 e. The summed E-state index contributed by atoms with van der Waals surface area (Å²) in [5, 5.41) is 9.24. The summed E-state index contributed by atoms with van der Waals surface area (Å²) in [5.74, 6) is 0.839. The van der Waals surface area contributed by atoms with Crippen molar-refractivity contribution in [2.24, 2.45) is 11.3 Å². The normalized spacial score (nSPS) is 25.9. The van der Waals surface area contributed by atoms with E-state index in [1.165, 1.54) is 11.1 Å². The number of β-amino-alcohol motifs (C(OH)–C–C–N with tert-alkyl or cyclic N) is 1. The number of nitrogens with zero attached hydrogens (tertiary/aromatic N) is 2. The molecule has 0 bridgehead atoms. The third kappa shape index (κ3) is 3.88. The third-order valence-corrected chi connectivity index (χ3v) is 6.73. The quantitative estimate of drug-likeness (QED) is 0.882. The van der Waals surface area contributed by atoms with Crippen molar-refractivity contribution in [3.63, 3.8) is 0 Å². The van der Waals surface area contributed by atoms with Gasteiger partial charge in [-0.3, -0.25) is 9.59 Å². The Kier molecular flexibility index (Phi) is 5.22. The lowest BCUT2D eigenvalue weighted by atomic mass is 9.73. The first-order valence-corrected chi connectivity index (χ1v) is 10.3. The molecule has 27 heavy (non-hydrogen) atoms. The first-order valence-electron chi connectivity index (χ1n) is 10.3. The second-order valence-corrected chi connectivity index (χ2v) is 8.70. The lowest BCUT2D eigenvalue weighted by molar-refractivity contribution is -0.143. The molecule has 1 aromatic rings. The van der Waals surface area contributed by atoms with E-state index in [2.05, 4.69) is 29.2 Å². The summed E-state index contributed by atoms with van der Waals surface area (Å²) < 4.78 is 0. The van der Waals surface area contributed by atoms with Crippen LogP contribution in [-0.4, -0.2) is 59.5 Å². The van der Waals surface area contributed by atoms with Crippen molar-refractivity contribution in [1.82, 2.24) is 9.80 Å². The minimum absolute atomic E-state index is 0.00665. The Morgan fingerprint density at radius 1 is 1.15 bits per heavy atom. The minimum atomic E-state index is 0.00665. The number of fused-ring (bicyclic) bond motifs is 1. The van der Waals surface area contributed by atoms with Gasteiger partial charge in [0.25, 0.3) is 0 Å². The fourth-order valence-electron chi connectivity index (χ4n) is 5.35. The Labute approximate surface area is 161 Å². The van der Waals surface area contributed by atoms with E-state index in [4.69, 9.17) is 0 Å². The van der Waals surface area contributed by atoms with Gasteiger partial charge in [-0.1, -0.05) is 24.3 Å². The number of rotatable bonds is 4. The molecule has 1 N–H and O–H groups in total. The van der Waals surface area contributed by atoms with Gasteiger partial charge in [-0.15, -0.1) is 0 Å². The number of carbonyl (C=O) groups excluding carboxylic acids is 2. The number of piperidine rings is 2. The maximum absolute atomic E-state index is 13.0. The lowest BCUT2D eigenvalue weighted by Gasteiger charge is -2.48. The molecule has 5 heteroatoms. The van der Waals surface area contributed by atoms with Crippen LogP contribution in [-0.2, 0) is 22.4 Å². The van der Waals surface area contributed by atoms with Crippen molar-refractivity contribution in [2.75, 3.05) is 32.8 Å². The average molecular weight is 370 g/mol. The van der Waals surface area contributed by atoms with Crippen molar-refractivity contribution < 1.29 is 14.7 Å². The monoisotopic (exact) mass is 370 g/mol. The van der Waals surface area contributed by atoms with E-state index in [9.17, 15) is 14.7 Å². The number of likely N-dealkylation sites (tertiary alicyclic amines) is 2. The molecule has 2 amide bonds. The van der Waals surface area contributed by atoms with E-state index in [0.717, 1.165) is 45.2 Å². The Morgan fingerprint density at radius 3 is 2.59 bits per heavy atom. The fraction of sp³-hybridized carbons (Fsp3) is 0.636. The van der Waals surface area contributed by atoms with Crippen LogP contribution >= 0.6 is 0 Å². The summed E-state index contributed by atoms with van der Waals surface area (Å²) in [6.45, 7) is 2.71. The molecule has 1 aromatic carbocycles. The zero-order valence-electron chi connectivity index (χ0n) is 16.0. The van der Waals surface area contributed by atoms with Crippen LogP contribution in [0.4, 0.5) is 0 Å². The largest absolute Gasteiger partial charge is 0.395 e. The van der Waals surface area contributed by atoms with Gasteiger partial charge in [-0.05, 0) is 49.1 Å². The van der Waals surface area contributed by atoms with E-state index in [1.54, 1.807) is 4.90 Å². The Bertz CT molecular complexity index is 694. The van der Waals surface area contributed by atoms with Crippen LogP contribution in [0, 0.1) is 11.3 Å². The number of hydrogen-bond donors (Lipinski definition) is 1. The van der Waals surface area contributed by atoms with Crippen molar-refractivity contribution in [1.29, 1.82) is 0 Å². The number of hydrogen-bond acceptors (Lipinski definition) is 3. The van der Waals surface area contributed by atoms with Gasteiger partial charge in [0.2, 0.25) is 11.8 Å². The summed E-state index contributed by atoms with van der Waals surface area (Å²) in [5.41, 5.74) is 2.82. The van der Waals surface area contributed by atoms with E-state index in [0.29, 0.717) is 31.8 Å². The van der Waals surface area contributed by atoms with Gasteiger partial charge in [0.1, 0.15) is 0 Å². The third-order valence-electron chi connectivity index (χ3n) is 6.73. The first kappa shape index (κ1) is 18.5. The molecule has 0 unspecified atom stereocenters. The molecule has 1 atom stereocenters. The highest BCUT2D eigenvalue weighted by Gasteiger charge is 2.42. The number of benzene rings is 1. The maximum atomic E-state index is 13.0. The summed E-state index contributed by atoms with van der Waals surface area (Å²) in [4.78, 5) is 29.0. The molecular weight excluding hydrogens is 340 g/mol. The average Bonchev–Trinajstić information content (AvgIpc) is 3.07. The van der Waals surface area contributed by atoms with Gasteiger partial charge >= 0.3 is 0 Å². The van der Waals surface area contributed by atoms with Gasteiger partial charge in [0, 0.05) is 44.4 Å². The molecule has 1 spiro atoms. The Hall–Kier alpha value is -1.88. The molecule has 0 aromatic heterocycles. The molecule has 5 nitrogen and oxygen atoms in total. The summed E-state index contributed by atoms with van der Waals surface area (Å²) in [6, 6.07) is 8.54. The zero-order valence-corrected chi connectivity index (χ0v) is 16.0. The van der Waals surface area contributed by atoms with Crippen LogP contribution in [0.2, 0.25) is 0 Å². The summed E-state index contributed by atoms with van der Waals surface area (Å²) in [6.07, 6.45) is 6.15. The molecule has 0 radical (unpaired) electrons. The van der Waals surface area contributed by atoms with Crippen molar-refractivity contribution in [3.8, 4) is 0 Å². The number of carbonyl (C=O) groups is 2. The lowest BCUT2D eigenvalue weighted by Crippen LogP contribution is -2.55. The highest BCUT2D eigenvalue weighted by molar-refractivity contribution is 5.78. The van der Waals surface area contributed by atoms with Crippen LogP contribution in [0.15, 0.2) is 24.3 Å². The van der Waals surface area contributed by atoms with Crippen LogP contribution in [0.3, 0.4) is 0 Å². The molecule has 2 heterocycles. The van der Waals surface area contributed by atoms with Gasteiger partial charge in [0.05, 0.1) is 6.61 Å². The molecule has 2 aliphatic heterocycles. The van der Waals surface area contributed by atoms with Gasteiger partial charge in [0.15, 0.2) is 0 Å². The smallest absolute Gasteiger partial charge is 0.222 e. The van der Waals surface area contributed by atoms with E-state index >= 15 is 0 Å². The van der Waals surface area contributed by atoms with Crippen LogP contribution < -0.4 is 0 Å². The topological polar surface area (TPSA) is 60.9 Å². The van der Waals surface area contributed by atoms with Crippen molar-refractivity contribution >= 4 is 11.8 Å². The second kappa shape index (κ2) is 7.63. The Balaban J connectivity index is 1.37. The van der Waals surface area contributed by atoms with E-state index in [-0.39, 0.29) is 23.8 Å². The molecule has 3 aliphatic rings. The molecule has 4 rings (SSSR count). The van der Waals surface area contributed by atoms with Gasteiger partial charge < -0.3 is 14.9 Å². The van der Waals surface area contributed by atoms with E-state index in [1.807, 2.05) is 0 Å². The summed E-state index contributed by atoms with van der Waals surface area (Å²) >= 11 is 0. The molecule has 0 saturated carbocycles. The maximum Gasteiger partial charge on any atom is 0.222 e. The molecule has 2 saturated heterocycles. The van der Waals surface area contributed by atoms with Crippen LogP contribution in [0.5, 0.6) is 0 Å². The molecule has 2 fully saturated rings. The molecular formula is C22H30N2O3. The van der Waals surface area contributed by atoms with Gasteiger partial charge in [-0.25, -0.2) is 0 Å². The molecule has 1 aliphatic carbocycles. The highest BCUT2D eigenvalue weighted by Crippen LogP contribution is 2.39. The molecule has 146 valence electrons. The number of aliphatic hydroxyl groups is 1.